The van der Waals surface area contributed by atoms with E-state index in [1.54, 1.807) is 0 Å². The van der Waals surface area contributed by atoms with Crippen LogP contribution in [0.2, 0.25) is 0 Å². The van der Waals surface area contributed by atoms with Gasteiger partial charge in [0.25, 0.3) is 0 Å². The highest BCUT2D eigenvalue weighted by Crippen LogP contribution is 2.42. The highest BCUT2D eigenvalue weighted by Gasteiger charge is 2.52. The summed E-state index contributed by atoms with van der Waals surface area (Å²) in [5, 5.41) is 8.84. The number of fused-ring (bicyclic) bond motifs is 1. The minimum Gasteiger partial charge on any atom is -0.481 e. The van der Waals surface area contributed by atoms with E-state index in [4.69, 9.17) is 5.11 Å². The predicted molar refractivity (Wildman–Crippen MR) is 59.4 cm³/mol. The van der Waals surface area contributed by atoms with Crippen molar-refractivity contribution < 1.29 is 32.2 Å². The van der Waals surface area contributed by atoms with Crippen LogP contribution in [0, 0.1) is 11.7 Å². The number of hydrogen-bond acceptors (Lipinski definition) is 2. The lowest BCUT2D eigenvalue weighted by molar-refractivity contribution is -0.217. The first-order chi connectivity index (χ1) is 8.71. The molecule has 104 valence electrons. The van der Waals surface area contributed by atoms with Crippen molar-refractivity contribution in [3.05, 3.63) is 28.0 Å². The average Bonchev–Trinajstić information content (AvgIpc) is 2.31. The van der Waals surface area contributed by atoms with Crippen molar-refractivity contribution >= 4 is 21.9 Å². The van der Waals surface area contributed by atoms with E-state index in [0.717, 1.165) is 6.07 Å². The van der Waals surface area contributed by atoms with Crippen LogP contribution in [-0.4, -0.2) is 23.4 Å². The number of hydrogen-bond donors (Lipinski definition) is 1. The van der Waals surface area contributed by atoms with Gasteiger partial charge >= 0.3 is 12.1 Å². The molecule has 0 saturated carbocycles. The van der Waals surface area contributed by atoms with Gasteiger partial charge in [0.05, 0.1) is 4.47 Å². The zero-order valence-electron chi connectivity index (χ0n) is 9.17. The van der Waals surface area contributed by atoms with E-state index in [1.165, 1.54) is 6.07 Å². The Hall–Kier alpha value is -1.31. The fourth-order valence-electron chi connectivity index (χ4n) is 1.94. The Labute approximate surface area is 113 Å². The number of alkyl halides is 3. The molecule has 2 rings (SSSR count). The van der Waals surface area contributed by atoms with Crippen LogP contribution in [0.5, 0.6) is 5.75 Å². The van der Waals surface area contributed by atoms with E-state index in [2.05, 4.69) is 20.7 Å². The third-order valence-electron chi connectivity index (χ3n) is 2.83. The first kappa shape index (κ1) is 14.1. The lowest BCUT2D eigenvalue weighted by atomic mass is 9.90. The van der Waals surface area contributed by atoms with Crippen LogP contribution in [-0.2, 0) is 11.2 Å². The number of benzene rings is 1. The van der Waals surface area contributed by atoms with E-state index in [1.807, 2.05) is 0 Å². The molecule has 0 spiro atoms. The van der Waals surface area contributed by atoms with Crippen molar-refractivity contribution in [3.63, 3.8) is 0 Å². The second-order valence-electron chi connectivity index (χ2n) is 4.07. The number of halogens is 5. The van der Waals surface area contributed by atoms with Gasteiger partial charge in [0.1, 0.15) is 17.5 Å². The molecule has 3 nitrogen and oxygen atoms in total. The van der Waals surface area contributed by atoms with Gasteiger partial charge in [0, 0.05) is 5.56 Å². The molecule has 0 aliphatic carbocycles. The highest BCUT2D eigenvalue weighted by atomic mass is 79.9. The Morgan fingerprint density at radius 3 is 2.58 bits per heavy atom. The average molecular weight is 343 g/mol. The van der Waals surface area contributed by atoms with Crippen molar-refractivity contribution in [2.24, 2.45) is 5.92 Å². The summed E-state index contributed by atoms with van der Waals surface area (Å²) in [4.78, 5) is 10.9. The lowest BCUT2D eigenvalue weighted by Crippen LogP contribution is -2.48. The summed E-state index contributed by atoms with van der Waals surface area (Å²) in [5.41, 5.74) is -0.165. The number of carboxylic acids is 1. The maximum Gasteiger partial charge on any atom is 0.426 e. The van der Waals surface area contributed by atoms with E-state index in [9.17, 15) is 22.4 Å². The summed E-state index contributed by atoms with van der Waals surface area (Å²) in [5.74, 6) is -4.62. The van der Waals surface area contributed by atoms with Crippen molar-refractivity contribution in [3.8, 4) is 5.75 Å². The van der Waals surface area contributed by atoms with Crippen molar-refractivity contribution in [1.29, 1.82) is 0 Å². The molecular formula is C11H7BrF4O3. The monoisotopic (exact) mass is 342 g/mol. The second kappa shape index (κ2) is 4.66. The largest absolute Gasteiger partial charge is 0.481 e. The molecule has 19 heavy (non-hydrogen) atoms. The Balaban J connectivity index is 2.51. The molecule has 1 aliphatic rings. The second-order valence-corrected chi connectivity index (χ2v) is 4.92. The Kier molecular flexibility index (Phi) is 3.46. The number of carbonyl (C=O) groups is 1. The molecule has 0 unspecified atom stereocenters. The molecule has 0 amide bonds. The summed E-state index contributed by atoms with van der Waals surface area (Å²) in [6.45, 7) is 0. The Bertz CT molecular complexity index is 529. The lowest BCUT2D eigenvalue weighted by Gasteiger charge is -2.33. The van der Waals surface area contributed by atoms with Gasteiger partial charge < -0.3 is 9.84 Å². The number of rotatable bonds is 1. The maximum absolute atomic E-state index is 13.5. The molecule has 8 heteroatoms. The van der Waals surface area contributed by atoms with Crippen LogP contribution >= 0.6 is 15.9 Å². The normalized spacial score (nSPS) is 22.6. The standard InChI is InChI=1S/C11H7BrF4O3/c12-6-1-2-7(13)4-3-5(10(17)18)9(11(14,15)16)19-8(4)6/h1-2,5,9H,3H2,(H,17,18)/t5-,9+/m1/s1. The van der Waals surface area contributed by atoms with Crippen LogP contribution < -0.4 is 4.74 Å². The van der Waals surface area contributed by atoms with Crippen LogP contribution in [0.3, 0.4) is 0 Å². The third-order valence-corrected chi connectivity index (χ3v) is 3.45. The van der Waals surface area contributed by atoms with E-state index in [-0.39, 0.29) is 15.8 Å². The minimum absolute atomic E-state index is 0.155. The zero-order chi connectivity index (χ0) is 14.4. The van der Waals surface area contributed by atoms with Gasteiger partial charge in [-0.2, -0.15) is 13.2 Å². The van der Waals surface area contributed by atoms with Gasteiger partial charge in [0.15, 0.2) is 0 Å². The first-order valence-corrected chi connectivity index (χ1v) is 5.94. The predicted octanol–water partition coefficient (Wildman–Crippen LogP) is 3.15. The topological polar surface area (TPSA) is 46.5 Å². The quantitative estimate of drug-likeness (QED) is 0.797. The molecule has 1 aromatic carbocycles. The SMILES string of the molecule is O=C(O)[C@@H]1Cc2c(F)ccc(Br)c2O[C@@H]1C(F)(F)F. The molecule has 1 heterocycles. The van der Waals surface area contributed by atoms with Crippen molar-refractivity contribution in [2.45, 2.75) is 18.7 Å². The van der Waals surface area contributed by atoms with Crippen molar-refractivity contribution in [1.82, 2.24) is 0 Å². The van der Waals surface area contributed by atoms with Crippen LogP contribution in [0.1, 0.15) is 5.56 Å². The fraction of sp³-hybridized carbons (Fsp3) is 0.364. The van der Waals surface area contributed by atoms with E-state index in [0.29, 0.717) is 0 Å². The van der Waals surface area contributed by atoms with Gasteiger partial charge in [-0.15, -0.1) is 0 Å². The van der Waals surface area contributed by atoms with Crippen LogP contribution in [0.4, 0.5) is 17.6 Å². The molecule has 1 N–H and O–H groups in total. The van der Waals surface area contributed by atoms with Crippen LogP contribution in [0.15, 0.2) is 16.6 Å². The molecule has 0 bridgehead atoms. The smallest absolute Gasteiger partial charge is 0.426 e. The Morgan fingerprint density at radius 2 is 2.05 bits per heavy atom. The summed E-state index contributed by atoms with van der Waals surface area (Å²) in [6.07, 6.45) is -7.90. The van der Waals surface area contributed by atoms with Gasteiger partial charge in [-0.3, -0.25) is 4.79 Å². The van der Waals surface area contributed by atoms with Crippen molar-refractivity contribution in [2.75, 3.05) is 0 Å². The van der Waals surface area contributed by atoms with Crippen LogP contribution in [0.25, 0.3) is 0 Å². The first-order valence-electron chi connectivity index (χ1n) is 5.15. The van der Waals surface area contributed by atoms with Gasteiger partial charge in [0.2, 0.25) is 6.10 Å². The molecular weight excluding hydrogens is 336 g/mol. The Morgan fingerprint density at radius 1 is 1.42 bits per heavy atom. The highest BCUT2D eigenvalue weighted by molar-refractivity contribution is 9.10. The minimum atomic E-state index is -4.84. The molecule has 0 aromatic heterocycles. The number of aliphatic carboxylic acids is 1. The van der Waals surface area contributed by atoms with E-state index < -0.39 is 36.4 Å². The molecule has 1 aromatic rings. The molecule has 0 saturated heterocycles. The fourth-order valence-corrected chi connectivity index (χ4v) is 2.41. The molecule has 2 atom stereocenters. The van der Waals surface area contributed by atoms with Gasteiger partial charge in [-0.25, -0.2) is 4.39 Å². The summed E-state index contributed by atoms with van der Waals surface area (Å²) >= 11 is 2.96. The molecule has 0 radical (unpaired) electrons. The molecule has 0 fully saturated rings. The van der Waals surface area contributed by atoms with Gasteiger partial charge in [-0.05, 0) is 34.5 Å². The number of ether oxygens (including phenoxy) is 1. The zero-order valence-corrected chi connectivity index (χ0v) is 10.8. The summed E-state index contributed by atoms with van der Waals surface area (Å²) in [6, 6.07) is 2.25. The van der Waals surface area contributed by atoms with E-state index >= 15 is 0 Å². The summed E-state index contributed by atoms with van der Waals surface area (Å²) < 4.78 is 56.7. The number of carboxylic acid groups (broad SMARTS) is 1. The third kappa shape index (κ3) is 2.54. The molecule has 1 aliphatic heterocycles. The summed E-state index contributed by atoms with van der Waals surface area (Å²) in [7, 11) is 0. The maximum atomic E-state index is 13.5. The van der Waals surface area contributed by atoms with Gasteiger partial charge in [-0.1, -0.05) is 0 Å².